The molecule has 2 aromatic rings. The molecule has 9 heteroatoms. The summed E-state index contributed by atoms with van der Waals surface area (Å²) in [6, 6.07) is 13.9. The minimum absolute atomic E-state index is 0.0912. The van der Waals surface area contributed by atoms with E-state index in [4.69, 9.17) is 31.3 Å². The zero-order valence-corrected chi connectivity index (χ0v) is 20.5. The monoisotopic (exact) mass is 498 g/mol. The predicted molar refractivity (Wildman–Crippen MR) is 133 cm³/mol. The molecule has 6 N–H and O–H groups in total. The Morgan fingerprint density at radius 1 is 1.15 bits per heavy atom. The van der Waals surface area contributed by atoms with Crippen LogP contribution in [-0.2, 0) is 11.2 Å². The van der Waals surface area contributed by atoms with Crippen LogP contribution in [0, 0.1) is 0 Å². The van der Waals surface area contributed by atoms with Gasteiger partial charge in [-0.3, -0.25) is 9.86 Å². The van der Waals surface area contributed by atoms with Gasteiger partial charge in [-0.05, 0) is 54.2 Å². The fraction of sp³-hybridized carbons (Fsp3) is 0.500. The van der Waals surface area contributed by atoms with Crippen molar-refractivity contribution in [2.45, 2.75) is 50.4 Å². The minimum atomic E-state index is -0.474. The van der Waals surface area contributed by atoms with E-state index in [9.17, 15) is 10.2 Å². The normalized spacial score (nSPS) is 20.1. The predicted octanol–water partition coefficient (Wildman–Crippen LogP) is 3.38. The van der Waals surface area contributed by atoms with E-state index in [1.54, 1.807) is 0 Å². The number of benzene rings is 2. The van der Waals surface area contributed by atoms with Crippen molar-refractivity contribution in [2.75, 3.05) is 26.9 Å². The number of rotatable bonds is 11. The first kappa shape index (κ1) is 27.9. The molecule has 3 unspecified atom stereocenters. The lowest BCUT2D eigenvalue weighted by atomic mass is 9.94. The molecular weight excluding hydrogens is 464 g/mol. The van der Waals surface area contributed by atoms with Crippen molar-refractivity contribution >= 4 is 23.7 Å². The van der Waals surface area contributed by atoms with Crippen molar-refractivity contribution in [3.05, 3.63) is 64.2 Å². The maximum Gasteiger partial charge on any atom is 0.119 e. The van der Waals surface area contributed by atoms with Crippen LogP contribution in [0.1, 0.15) is 48.5 Å². The lowest BCUT2D eigenvalue weighted by molar-refractivity contribution is -0.113. The molecule has 33 heavy (non-hydrogen) atoms. The fourth-order valence-electron chi connectivity index (χ4n) is 3.72. The van der Waals surface area contributed by atoms with Crippen LogP contribution in [0.25, 0.3) is 0 Å². The smallest absolute Gasteiger partial charge is 0.119 e. The lowest BCUT2D eigenvalue weighted by Crippen LogP contribution is -2.33. The minimum Gasteiger partial charge on any atom is -0.494 e. The van der Waals surface area contributed by atoms with Crippen molar-refractivity contribution in [1.82, 2.24) is 4.72 Å². The highest BCUT2D eigenvalue weighted by atomic mass is 35.5. The second-order valence-corrected chi connectivity index (χ2v) is 8.73. The number of nitrogens with two attached hydrogens (primary N) is 1. The van der Waals surface area contributed by atoms with Gasteiger partial charge in [0, 0.05) is 43.7 Å². The van der Waals surface area contributed by atoms with Gasteiger partial charge in [0.1, 0.15) is 5.75 Å². The van der Waals surface area contributed by atoms with Crippen LogP contribution in [-0.4, -0.2) is 54.4 Å². The summed E-state index contributed by atoms with van der Waals surface area (Å²) in [5, 5.41) is 32.5. The van der Waals surface area contributed by atoms with Crippen LogP contribution in [0.15, 0.2) is 42.5 Å². The number of halogens is 1. The largest absolute Gasteiger partial charge is 0.494 e. The molecule has 184 valence electrons. The van der Waals surface area contributed by atoms with E-state index in [0.29, 0.717) is 30.9 Å². The number of aliphatic hydroxyl groups is 3. The van der Waals surface area contributed by atoms with E-state index in [1.165, 1.54) is 0 Å². The van der Waals surface area contributed by atoms with Crippen molar-refractivity contribution < 1.29 is 24.8 Å². The van der Waals surface area contributed by atoms with Gasteiger partial charge < -0.3 is 24.8 Å². The van der Waals surface area contributed by atoms with E-state index in [0.717, 1.165) is 61.1 Å². The summed E-state index contributed by atoms with van der Waals surface area (Å²) < 4.78 is 14.7. The molecule has 1 fully saturated rings. The Labute approximate surface area is 205 Å². The summed E-state index contributed by atoms with van der Waals surface area (Å²) >= 11 is 7.59. The van der Waals surface area contributed by atoms with Gasteiger partial charge in [-0.2, -0.15) is 0 Å². The summed E-state index contributed by atoms with van der Waals surface area (Å²) in [6.45, 7) is 1.45. The van der Waals surface area contributed by atoms with Crippen molar-refractivity contribution in [2.24, 2.45) is 5.14 Å². The lowest BCUT2D eigenvalue weighted by Gasteiger charge is -2.32. The molecule has 1 aliphatic rings. The molecule has 0 amide bonds. The van der Waals surface area contributed by atoms with Gasteiger partial charge in [0.05, 0.1) is 31.5 Å². The molecule has 2 aromatic carbocycles. The maximum atomic E-state index is 10.1. The quantitative estimate of drug-likeness (QED) is 0.236. The molecule has 0 saturated carbocycles. The van der Waals surface area contributed by atoms with Crippen LogP contribution in [0.5, 0.6) is 5.75 Å². The zero-order valence-electron chi connectivity index (χ0n) is 19.0. The van der Waals surface area contributed by atoms with Gasteiger partial charge >= 0.3 is 0 Å². The Kier molecular flexibility index (Phi) is 13.1. The third-order valence-corrected chi connectivity index (χ3v) is 6.11. The first-order chi connectivity index (χ1) is 16.1. The Morgan fingerprint density at radius 2 is 1.91 bits per heavy atom. The highest BCUT2D eigenvalue weighted by Gasteiger charge is 2.29. The van der Waals surface area contributed by atoms with Gasteiger partial charge in [0.2, 0.25) is 0 Å². The van der Waals surface area contributed by atoms with Gasteiger partial charge in [-0.1, -0.05) is 35.9 Å². The average molecular weight is 499 g/mol. The Bertz CT molecular complexity index is 812. The summed E-state index contributed by atoms with van der Waals surface area (Å²) in [5.41, 5.74) is 3.11. The molecule has 3 rings (SSSR count). The van der Waals surface area contributed by atoms with E-state index >= 15 is 0 Å². The average Bonchev–Trinajstić information content (AvgIpc) is 2.84. The van der Waals surface area contributed by atoms with Crippen molar-refractivity contribution in [3.8, 4) is 5.75 Å². The standard InChI is InChI=1S/C23H31ClN2O4S.CH4O/c24-22-8-5-17(23-14-19(28)13-21(15-27)30-23)12-18(22)11-16-3-6-20(7-4-16)29-10-2-1-9-26-31-25;1-2/h3-8,12,19,21,23,26-28H,1-2,9-11,13-15,25H2;2H,1H3. The van der Waals surface area contributed by atoms with Crippen LogP contribution in [0.2, 0.25) is 5.02 Å². The third-order valence-electron chi connectivity index (χ3n) is 5.37. The fourth-order valence-corrected chi connectivity index (χ4v) is 4.17. The highest BCUT2D eigenvalue weighted by Crippen LogP contribution is 2.33. The number of unbranched alkanes of at least 4 members (excludes halogenated alkanes) is 1. The molecule has 0 radical (unpaired) electrons. The summed E-state index contributed by atoms with van der Waals surface area (Å²) in [6.07, 6.45) is 2.59. The molecule has 0 aliphatic carbocycles. The Hall–Kier alpha value is -1.36. The number of hydrogen-bond donors (Lipinski definition) is 5. The van der Waals surface area contributed by atoms with Gasteiger partial charge in [-0.25, -0.2) is 0 Å². The summed E-state index contributed by atoms with van der Waals surface area (Å²) in [7, 11) is 1.00. The second kappa shape index (κ2) is 15.5. The molecule has 0 aromatic heterocycles. The maximum absolute atomic E-state index is 10.1. The molecular formula is C24H35ClN2O5S. The third kappa shape index (κ3) is 9.42. The summed E-state index contributed by atoms with van der Waals surface area (Å²) in [5.74, 6) is 0.851. The number of hydrogen-bond acceptors (Lipinski definition) is 8. The van der Waals surface area contributed by atoms with Crippen molar-refractivity contribution in [1.29, 1.82) is 0 Å². The number of nitrogens with one attached hydrogen (secondary N) is 1. The first-order valence-electron chi connectivity index (χ1n) is 11.1. The van der Waals surface area contributed by atoms with Crippen LogP contribution >= 0.6 is 23.7 Å². The zero-order chi connectivity index (χ0) is 24.1. The molecule has 1 heterocycles. The van der Waals surface area contributed by atoms with Gasteiger partial charge in [0.25, 0.3) is 0 Å². The SMILES string of the molecule is CO.NSNCCCCOc1ccc(Cc2cc(C3CC(O)CC(CO)O3)ccc2Cl)cc1. The van der Waals surface area contributed by atoms with Crippen LogP contribution in [0.3, 0.4) is 0 Å². The first-order valence-corrected chi connectivity index (χ1v) is 12.3. The Morgan fingerprint density at radius 3 is 2.61 bits per heavy atom. The molecule has 0 spiro atoms. The van der Waals surface area contributed by atoms with E-state index in [2.05, 4.69) is 4.72 Å². The van der Waals surface area contributed by atoms with Crippen molar-refractivity contribution in [3.63, 3.8) is 0 Å². The number of ether oxygens (including phenoxy) is 2. The van der Waals surface area contributed by atoms with Crippen LogP contribution in [0.4, 0.5) is 0 Å². The molecule has 0 bridgehead atoms. The molecule has 1 aliphatic heterocycles. The van der Waals surface area contributed by atoms with E-state index < -0.39 is 6.10 Å². The van der Waals surface area contributed by atoms with E-state index in [1.807, 2.05) is 42.5 Å². The Balaban J connectivity index is 0.00000187. The molecule has 3 atom stereocenters. The number of aliphatic hydroxyl groups excluding tert-OH is 3. The van der Waals surface area contributed by atoms with Gasteiger partial charge in [-0.15, -0.1) is 0 Å². The summed E-state index contributed by atoms with van der Waals surface area (Å²) in [4.78, 5) is 0. The van der Waals surface area contributed by atoms with Crippen LogP contribution < -0.4 is 14.6 Å². The second-order valence-electron chi connectivity index (χ2n) is 7.79. The molecule has 7 nitrogen and oxygen atoms in total. The van der Waals surface area contributed by atoms with Gasteiger partial charge in [0.15, 0.2) is 0 Å². The highest BCUT2D eigenvalue weighted by molar-refractivity contribution is 7.95. The van der Waals surface area contributed by atoms with E-state index in [-0.39, 0.29) is 18.8 Å². The topological polar surface area (TPSA) is 117 Å². The molecule has 1 saturated heterocycles.